The normalized spacial score (nSPS) is 15.6. The second-order valence-electron chi connectivity index (χ2n) is 5.85. The highest BCUT2D eigenvalue weighted by Crippen LogP contribution is 2.38. The molecule has 0 saturated carbocycles. The second-order valence-corrected chi connectivity index (χ2v) is 5.85. The van der Waals surface area contributed by atoms with E-state index in [1.165, 1.54) is 0 Å². The van der Waals surface area contributed by atoms with Crippen LogP contribution in [0.15, 0.2) is 78.9 Å². The van der Waals surface area contributed by atoms with E-state index in [0.717, 1.165) is 33.9 Å². The van der Waals surface area contributed by atoms with Gasteiger partial charge in [0.05, 0.1) is 12.7 Å². The molecule has 1 atom stereocenters. The lowest BCUT2D eigenvalue weighted by molar-refractivity contribution is 0.194. The number of methoxy groups -OCH3 is 1. The van der Waals surface area contributed by atoms with Crippen LogP contribution in [0.2, 0.25) is 0 Å². The topological polar surface area (TPSA) is 30.5 Å². The third-order valence-electron chi connectivity index (χ3n) is 4.25. The van der Waals surface area contributed by atoms with Crippen molar-refractivity contribution in [3.05, 3.63) is 95.6 Å². The van der Waals surface area contributed by atoms with E-state index in [4.69, 9.17) is 9.47 Å². The molecule has 0 fully saturated rings. The molecular weight excluding hydrogens is 310 g/mol. The van der Waals surface area contributed by atoms with Crippen LogP contribution in [0.1, 0.15) is 22.9 Å². The van der Waals surface area contributed by atoms with Gasteiger partial charge in [0, 0.05) is 11.3 Å². The Morgan fingerprint density at radius 3 is 2.40 bits per heavy atom. The van der Waals surface area contributed by atoms with Gasteiger partial charge in [0.2, 0.25) is 0 Å². The Balaban J connectivity index is 1.74. The van der Waals surface area contributed by atoms with Gasteiger partial charge in [-0.1, -0.05) is 54.6 Å². The van der Waals surface area contributed by atoms with Gasteiger partial charge in [-0.3, -0.25) is 0 Å². The Hall–Kier alpha value is -3.20. The molecule has 3 aromatic rings. The monoisotopic (exact) mass is 329 g/mol. The Labute approximate surface area is 147 Å². The first-order valence-electron chi connectivity index (χ1n) is 8.27. The van der Waals surface area contributed by atoms with Gasteiger partial charge in [-0.05, 0) is 35.9 Å². The van der Waals surface area contributed by atoms with Crippen molar-refractivity contribution in [2.75, 3.05) is 12.4 Å². The maximum atomic E-state index is 6.32. The number of benzene rings is 3. The molecule has 1 N–H and O–H groups in total. The summed E-state index contributed by atoms with van der Waals surface area (Å²) in [6, 6.07) is 26.3. The summed E-state index contributed by atoms with van der Waals surface area (Å²) < 4.78 is 11.8. The summed E-state index contributed by atoms with van der Waals surface area (Å²) in [6.45, 7) is 0. The van der Waals surface area contributed by atoms with E-state index in [9.17, 15) is 0 Å². The molecule has 0 radical (unpaired) electrons. The van der Waals surface area contributed by atoms with Crippen molar-refractivity contribution in [3.8, 4) is 5.75 Å². The zero-order valence-corrected chi connectivity index (χ0v) is 14.0. The average Bonchev–Trinajstić information content (AvgIpc) is 2.68. The second kappa shape index (κ2) is 6.73. The molecule has 0 amide bonds. The third-order valence-corrected chi connectivity index (χ3v) is 4.25. The average molecular weight is 329 g/mol. The van der Waals surface area contributed by atoms with Crippen molar-refractivity contribution >= 4 is 17.5 Å². The molecular formula is C22H19NO2. The molecule has 4 rings (SSSR count). The molecule has 25 heavy (non-hydrogen) atoms. The van der Waals surface area contributed by atoms with Crippen LogP contribution in [-0.4, -0.2) is 7.11 Å². The van der Waals surface area contributed by atoms with Crippen molar-refractivity contribution in [2.24, 2.45) is 0 Å². The third kappa shape index (κ3) is 3.09. The van der Waals surface area contributed by atoms with Crippen molar-refractivity contribution in [1.29, 1.82) is 0 Å². The van der Waals surface area contributed by atoms with Gasteiger partial charge in [-0.2, -0.15) is 0 Å². The maximum Gasteiger partial charge on any atom is 0.197 e. The zero-order valence-electron chi connectivity index (χ0n) is 14.0. The van der Waals surface area contributed by atoms with Crippen LogP contribution in [0.25, 0.3) is 11.8 Å². The van der Waals surface area contributed by atoms with Crippen LogP contribution >= 0.6 is 0 Å². The Morgan fingerprint density at radius 1 is 0.840 bits per heavy atom. The minimum absolute atomic E-state index is 0.261. The maximum absolute atomic E-state index is 6.32. The van der Waals surface area contributed by atoms with Gasteiger partial charge >= 0.3 is 0 Å². The molecule has 3 aromatic carbocycles. The van der Waals surface area contributed by atoms with Crippen molar-refractivity contribution < 1.29 is 9.47 Å². The molecule has 1 unspecified atom stereocenters. The summed E-state index contributed by atoms with van der Waals surface area (Å²) in [5.41, 5.74) is 4.22. The van der Waals surface area contributed by atoms with Crippen LogP contribution < -0.4 is 10.1 Å². The minimum Gasteiger partial charge on any atom is -0.496 e. The van der Waals surface area contributed by atoms with Gasteiger partial charge in [0.15, 0.2) is 6.23 Å². The molecule has 0 aliphatic carbocycles. The van der Waals surface area contributed by atoms with Gasteiger partial charge < -0.3 is 14.8 Å². The number of nitrogens with one attached hydrogen (secondary N) is 1. The standard InChI is InChI=1S/C22H19NO2/c1-24-20-14-8-7-13-19(20)21-15-16-9-5-6-12-18(16)22(25-21)23-17-10-3-2-4-11-17/h2-15,22-23H,1H3. The lowest BCUT2D eigenvalue weighted by Gasteiger charge is -2.29. The fourth-order valence-corrected chi connectivity index (χ4v) is 3.03. The molecule has 1 aliphatic rings. The SMILES string of the molecule is COc1ccccc1C1=Cc2ccccc2C(Nc2ccccc2)O1. The predicted octanol–water partition coefficient (Wildman–Crippen LogP) is 5.33. The van der Waals surface area contributed by atoms with E-state index < -0.39 is 0 Å². The van der Waals surface area contributed by atoms with Gasteiger partial charge in [-0.25, -0.2) is 0 Å². The van der Waals surface area contributed by atoms with Crippen molar-refractivity contribution in [1.82, 2.24) is 0 Å². The number of fused-ring (bicyclic) bond motifs is 1. The Bertz CT molecular complexity index is 903. The van der Waals surface area contributed by atoms with E-state index in [1.54, 1.807) is 7.11 Å². The van der Waals surface area contributed by atoms with Crippen LogP contribution in [0.5, 0.6) is 5.75 Å². The molecule has 0 aromatic heterocycles. The lowest BCUT2D eigenvalue weighted by Crippen LogP contribution is -2.18. The highest BCUT2D eigenvalue weighted by molar-refractivity contribution is 5.83. The number of hydrogen-bond donors (Lipinski definition) is 1. The van der Waals surface area contributed by atoms with Crippen molar-refractivity contribution in [3.63, 3.8) is 0 Å². The number of anilines is 1. The smallest absolute Gasteiger partial charge is 0.197 e. The summed E-state index contributed by atoms with van der Waals surface area (Å²) in [7, 11) is 1.68. The van der Waals surface area contributed by atoms with E-state index in [0.29, 0.717) is 0 Å². The van der Waals surface area contributed by atoms with Crippen LogP contribution in [0.3, 0.4) is 0 Å². The largest absolute Gasteiger partial charge is 0.496 e. The molecule has 1 heterocycles. The highest BCUT2D eigenvalue weighted by atomic mass is 16.5. The van der Waals surface area contributed by atoms with Gasteiger partial charge in [0.1, 0.15) is 11.5 Å². The summed E-state index contributed by atoms with van der Waals surface area (Å²) in [4.78, 5) is 0. The van der Waals surface area contributed by atoms with Crippen LogP contribution in [-0.2, 0) is 4.74 Å². The summed E-state index contributed by atoms with van der Waals surface area (Å²) >= 11 is 0. The van der Waals surface area contributed by atoms with E-state index in [2.05, 4.69) is 23.5 Å². The fourth-order valence-electron chi connectivity index (χ4n) is 3.03. The number of hydrogen-bond acceptors (Lipinski definition) is 3. The molecule has 3 nitrogen and oxygen atoms in total. The van der Waals surface area contributed by atoms with E-state index in [-0.39, 0.29) is 6.23 Å². The van der Waals surface area contributed by atoms with Gasteiger partial charge in [0.25, 0.3) is 0 Å². The van der Waals surface area contributed by atoms with Crippen LogP contribution in [0, 0.1) is 0 Å². The first-order valence-corrected chi connectivity index (χ1v) is 8.27. The fraction of sp³-hybridized carbons (Fsp3) is 0.0909. The number of ether oxygens (including phenoxy) is 2. The first kappa shape index (κ1) is 15.3. The van der Waals surface area contributed by atoms with Gasteiger partial charge in [-0.15, -0.1) is 0 Å². The number of rotatable bonds is 4. The van der Waals surface area contributed by atoms with Crippen LogP contribution in [0.4, 0.5) is 5.69 Å². The molecule has 124 valence electrons. The molecule has 0 spiro atoms. The summed E-state index contributed by atoms with van der Waals surface area (Å²) in [6.07, 6.45) is 1.81. The molecule has 0 saturated heterocycles. The summed E-state index contributed by atoms with van der Waals surface area (Å²) in [5.74, 6) is 1.59. The summed E-state index contributed by atoms with van der Waals surface area (Å²) in [5, 5.41) is 3.47. The van der Waals surface area contributed by atoms with E-state index >= 15 is 0 Å². The number of para-hydroxylation sites is 2. The highest BCUT2D eigenvalue weighted by Gasteiger charge is 2.24. The Morgan fingerprint density at radius 2 is 1.56 bits per heavy atom. The quantitative estimate of drug-likeness (QED) is 0.701. The minimum atomic E-state index is -0.261. The molecule has 0 bridgehead atoms. The Kier molecular flexibility index (Phi) is 4.13. The molecule has 1 aliphatic heterocycles. The van der Waals surface area contributed by atoms with Crippen molar-refractivity contribution in [2.45, 2.75) is 6.23 Å². The lowest BCUT2D eigenvalue weighted by atomic mass is 10.00. The zero-order chi connectivity index (χ0) is 17.1. The van der Waals surface area contributed by atoms with E-state index in [1.807, 2.05) is 66.7 Å². The first-order chi connectivity index (χ1) is 12.3. The predicted molar refractivity (Wildman–Crippen MR) is 101 cm³/mol. The molecule has 3 heteroatoms.